The summed E-state index contributed by atoms with van der Waals surface area (Å²) in [5, 5.41) is 9.00. The Morgan fingerprint density at radius 1 is 1.15 bits per heavy atom. The van der Waals surface area contributed by atoms with Gasteiger partial charge in [-0.05, 0) is 43.3 Å². The molecule has 0 aliphatic heterocycles. The van der Waals surface area contributed by atoms with Gasteiger partial charge in [-0.3, -0.25) is 0 Å². The summed E-state index contributed by atoms with van der Waals surface area (Å²) < 4.78 is 24.2. The van der Waals surface area contributed by atoms with Crippen molar-refractivity contribution in [1.29, 1.82) is 0 Å². The first-order valence-corrected chi connectivity index (χ1v) is 6.04. The Kier molecular flexibility index (Phi) is 4.20. The van der Waals surface area contributed by atoms with Gasteiger partial charge in [-0.15, -0.1) is 0 Å². The molecule has 0 bridgehead atoms. The fourth-order valence-corrected chi connectivity index (χ4v) is 1.69. The summed E-state index contributed by atoms with van der Waals surface area (Å²) >= 11 is 0. The van der Waals surface area contributed by atoms with Crippen LogP contribution in [-0.4, -0.2) is 17.7 Å². The summed E-state index contributed by atoms with van der Waals surface area (Å²) in [4.78, 5) is 11.0. The number of carboxylic acid groups (broad SMARTS) is 1. The number of rotatable bonds is 5. The number of aromatic carboxylic acids is 1. The molecule has 0 aliphatic carbocycles. The standard InChI is InChI=1S/C15H13FO4/c1-2-19-10-6-8-11(9-7-10)20-13-5-3-4-12(16)14(13)15(17)18/h3-9H,2H2,1H3,(H,17,18). The van der Waals surface area contributed by atoms with Gasteiger partial charge in [-0.25, -0.2) is 9.18 Å². The Hall–Kier alpha value is -2.56. The molecule has 4 nitrogen and oxygen atoms in total. The van der Waals surface area contributed by atoms with Gasteiger partial charge in [0, 0.05) is 0 Å². The highest BCUT2D eigenvalue weighted by molar-refractivity contribution is 5.91. The molecule has 0 fully saturated rings. The Bertz CT molecular complexity index is 608. The van der Waals surface area contributed by atoms with E-state index in [-0.39, 0.29) is 5.75 Å². The summed E-state index contributed by atoms with van der Waals surface area (Å²) in [5.41, 5.74) is -0.485. The van der Waals surface area contributed by atoms with E-state index in [2.05, 4.69) is 0 Å². The lowest BCUT2D eigenvalue weighted by Crippen LogP contribution is -2.03. The van der Waals surface area contributed by atoms with Crippen LogP contribution < -0.4 is 9.47 Å². The van der Waals surface area contributed by atoms with Crippen LogP contribution in [0, 0.1) is 5.82 Å². The molecule has 5 heteroatoms. The molecule has 0 heterocycles. The topological polar surface area (TPSA) is 55.8 Å². The van der Waals surface area contributed by atoms with E-state index in [9.17, 15) is 9.18 Å². The molecule has 20 heavy (non-hydrogen) atoms. The minimum atomic E-state index is -1.37. The molecule has 0 aliphatic rings. The maximum absolute atomic E-state index is 13.5. The number of benzene rings is 2. The molecule has 2 aromatic carbocycles. The zero-order chi connectivity index (χ0) is 14.5. The van der Waals surface area contributed by atoms with E-state index in [0.29, 0.717) is 18.1 Å². The molecular formula is C15H13FO4. The fraction of sp³-hybridized carbons (Fsp3) is 0.133. The lowest BCUT2D eigenvalue weighted by Gasteiger charge is -2.10. The van der Waals surface area contributed by atoms with Crippen LogP contribution in [0.5, 0.6) is 17.2 Å². The third-order valence-electron chi connectivity index (χ3n) is 2.55. The number of halogens is 1. The summed E-state index contributed by atoms with van der Waals surface area (Å²) in [6, 6.07) is 10.5. The van der Waals surface area contributed by atoms with Crippen molar-refractivity contribution in [1.82, 2.24) is 0 Å². The van der Waals surface area contributed by atoms with Crippen LogP contribution in [0.25, 0.3) is 0 Å². The second-order valence-electron chi connectivity index (χ2n) is 3.92. The van der Waals surface area contributed by atoms with Crippen LogP contribution in [0.4, 0.5) is 4.39 Å². The van der Waals surface area contributed by atoms with Crippen molar-refractivity contribution in [2.75, 3.05) is 6.61 Å². The largest absolute Gasteiger partial charge is 0.494 e. The van der Waals surface area contributed by atoms with Crippen molar-refractivity contribution in [2.45, 2.75) is 6.92 Å². The lowest BCUT2D eigenvalue weighted by molar-refractivity contribution is 0.0689. The van der Waals surface area contributed by atoms with Gasteiger partial charge in [0.25, 0.3) is 0 Å². The molecule has 0 saturated carbocycles. The predicted molar refractivity (Wildman–Crippen MR) is 71.0 cm³/mol. The van der Waals surface area contributed by atoms with Gasteiger partial charge >= 0.3 is 5.97 Å². The normalized spacial score (nSPS) is 10.1. The molecule has 0 amide bonds. The lowest BCUT2D eigenvalue weighted by atomic mass is 10.2. The molecule has 0 spiro atoms. The first-order valence-electron chi connectivity index (χ1n) is 6.04. The van der Waals surface area contributed by atoms with E-state index >= 15 is 0 Å². The van der Waals surface area contributed by atoms with Crippen molar-refractivity contribution in [3.63, 3.8) is 0 Å². The number of carbonyl (C=O) groups is 1. The minimum absolute atomic E-state index is 0.0401. The Morgan fingerprint density at radius 3 is 2.40 bits per heavy atom. The Morgan fingerprint density at radius 2 is 1.80 bits per heavy atom. The van der Waals surface area contributed by atoms with E-state index < -0.39 is 17.3 Å². The van der Waals surface area contributed by atoms with Gasteiger partial charge in [0.2, 0.25) is 0 Å². The van der Waals surface area contributed by atoms with Crippen LogP contribution in [0.15, 0.2) is 42.5 Å². The van der Waals surface area contributed by atoms with Gasteiger partial charge in [-0.1, -0.05) is 6.07 Å². The van der Waals surface area contributed by atoms with Crippen LogP contribution >= 0.6 is 0 Å². The first kappa shape index (κ1) is 13.9. The van der Waals surface area contributed by atoms with Crippen molar-refractivity contribution >= 4 is 5.97 Å². The summed E-state index contributed by atoms with van der Waals surface area (Å²) in [7, 11) is 0. The molecule has 1 N–H and O–H groups in total. The maximum atomic E-state index is 13.5. The SMILES string of the molecule is CCOc1ccc(Oc2cccc(F)c2C(=O)O)cc1. The van der Waals surface area contributed by atoms with Gasteiger partial charge in [-0.2, -0.15) is 0 Å². The number of carboxylic acids is 1. The summed E-state index contributed by atoms with van der Waals surface area (Å²) in [5.74, 6) is -1.16. The molecule has 2 rings (SSSR count). The van der Waals surface area contributed by atoms with E-state index in [0.717, 1.165) is 6.07 Å². The van der Waals surface area contributed by atoms with Crippen LogP contribution in [0.1, 0.15) is 17.3 Å². The Balaban J connectivity index is 2.26. The average molecular weight is 276 g/mol. The third-order valence-corrected chi connectivity index (χ3v) is 2.55. The van der Waals surface area contributed by atoms with Gasteiger partial charge in [0.1, 0.15) is 28.6 Å². The molecule has 0 atom stereocenters. The van der Waals surface area contributed by atoms with Crippen LogP contribution in [0.3, 0.4) is 0 Å². The van der Waals surface area contributed by atoms with Gasteiger partial charge in [0.05, 0.1) is 6.61 Å². The van der Waals surface area contributed by atoms with Gasteiger partial charge in [0.15, 0.2) is 0 Å². The second kappa shape index (κ2) is 6.06. The predicted octanol–water partition coefficient (Wildman–Crippen LogP) is 3.71. The number of ether oxygens (including phenoxy) is 2. The van der Waals surface area contributed by atoms with Crippen molar-refractivity contribution in [3.8, 4) is 17.2 Å². The van der Waals surface area contributed by atoms with E-state index in [1.54, 1.807) is 24.3 Å². The third kappa shape index (κ3) is 3.06. The highest BCUT2D eigenvalue weighted by atomic mass is 19.1. The van der Waals surface area contributed by atoms with Crippen molar-refractivity contribution < 1.29 is 23.8 Å². The molecule has 104 valence electrons. The maximum Gasteiger partial charge on any atom is 0.342 e. The number of hydrogen-bond acceptors (Lipinski definition) is 3. The monoisotopic (exact) mass is 276 g/mol. The number of hydrogen-bond donors (Lipinski definition) is 1. The second-order valence-corrected chi connectivity index (χ2v) is 3.92. The summed E-state index contributed by atoms with van der Waals surface area (Å²) in [6.45, 7) is 2.42. The molecule has 0 radical (unpaired) electrons. The molecule has 0 aromatic heterocycles. The first-order chi connectivity index (χ1) is 9.61. The highest BCUT2D eigenvalue weighted by Crippen LogP contribution is 2.28. The summed E-state index contributed by atoms with van der Waals surface area (Å²) in [6.07, 6.45) is 0. The van der Waals surface area contributed by atoms with Gasteiger partial charge < -0.3 is 14.6 Å². The van der Waals surface area contributed by atoms with E-state index in [1.165, 1.54) is 12.1 Å². The van der Waals surface area contributed by atoms with Crippen LogP contribution in [-0.2, 0) is 0 Å². The van der Waals surface area contributed by atoms with Crippen molar-refractivity contribution in [2.24, 2.45) is 0 Å². The van der Waals surface area contributed by atoms with Crippen LogP contribution in [0.2, 0.25) is 0 Å². The van der Waals surface area contributed by atoms with Crippen molar-refractivity contribution in [3.05, 3.63) is 53.8 Å². The smallest absolute Gasteiger partial charge is 0.342 e. The van der Waals surface area contributed by atoms with E-state index in [4.69, 9.17) is 14.6 Å². The van der Waals surface area contributed by atoms with E-state index in [1.807, 2.05) is 6.92 Å². The molecular weight excluding hydrogens is 263 g/mol. The quantitative estimate of drug-likeness (QED) is 0.904. The minimum Gasteiger partial charge on any atom is -0.494 e. The fourth-order valence-electron chi connectivity index (χ4n) is 1.69. The molecule has 0 unspecified atom stereocenters. The highest BCUT2D eigenvalue weighted by Gasteiger charge is 2.17. The zero-order valence-corrected chi connectivity index (χ0v) is 10.8. The average Bonchev–Trinajstić information content (AvgIpc) is 2.41. The molecule has 0 saturated heterocycles. The Labute approximate surface area is 115 Å². The molecule has 2 aromatic rings. The zero-order valence-electron chi connectivity index (χ0n) is 10.8.